The summed E-state index contributed by atoms with van der Waals surface area (Å²) in [5.74, 6) is -0.193. The fourth-order valence-corrected chi connectivity index (χ4v) is 2.07. The highest BCUT2D eigenvalue weighted by atomic mass is 32.1. The Morgan fingerprint density at radius 2 is 1.72 bits per heavy atom. The smallest absolute Gasteiger partial charge is 0.325 e. The van der Waals surface area contributed by atoms with Gasteiger partial charge in [-0.1, -0.05) is 30.3 Å². The number of ether oxygens (including phenoxy) is 2. The third kappa shape index (κ3) is 6.23. The Labute approximate surface area is 151 Å². The van der Waals surface area contributed by atoms with Crippen molar-refractivity contribution < 1.29 is 19.1 Å². The summed E-state index contributed by atoms with van der Waals surface area (Å²) in [6, 6.07) is 15.9. The minimum Gasteiger partial charge on any atom is -0.497 e. The van der Waals surface area contributed by atoms with Crippen LogP contribution in [-0.4, -0.2) is 30.6 Å². The van der Waals surface area contributed by atoms with Crippen molar-refractivity contribution in [2.45, 2.75) is 6.61 Å². The number of hydrogen-bond donors (Lipinski definition) is 2. The molecule has 0 aliphatic carbocycles. The Morgan fingerprint density at radius 3 is 2.36 bits per heavy atom. The maximum atomic E-state index is 12.0. The molecule has 0 heterocycles. The van der Waals surface area contributed by atoms with Gasteiger partial charge in [-0.25, -0.2) is 0 Å². The fourth-order valence-electron chi connectivity index (χ4n) is 1.90. The van der Waals surface area contributed by atoms with Crippen molar-refractivity contribution in [3.05, 3.63) is 65.7 Å². The number of rotatable bonds is 6. The van der Waals surface area contributed by atoms with Crippen molar-refractivity contribution in [2.75, 3.05) is 13.7 Å². The lowest BCUT2D eigenvalue weighted by Gasteiger charge is -2.10. The van der Waals surface area contributed by atoms with Crippen molar-refractivity contribution in [1.82, 2.24) is 10.6 Å². The van der Waals surface area contributed by atoms with E-state index in [9.17, 15) is 9.59 Å². The molecule has 0 bridgehead atoms. The highest BCUT2D eigenvalue weighted by molar-refractivity contribution is 7.80. The van der Waals surface area contributed by atoms with Crippen LogP contribution < -0.4 is 15.4 Å². The minimum atomic E-state index is -0.468. The van der Waals surface area contributed by atoms with Gasteiger partial charge in [0.2, 0.25) is 0 Å². The van der Waals surface area contributed by atoms with E-state index >= 15 is 0 Å². The molecule has 0 spiro atoms. The van der Waals surface area contributed by atoms with Gasteiger partial charge in [0.15, 0.2) is 5.11 Å². The van der Waals surface area contributed by atoms with Crippen molar-refractivity contribution in [3.63, 3.8) is 0 Å². The zero-order valence-corrected chi connectivity index (χ0v) is 14.5. The molecule has 2 aromatic rings. The van der Waals surface area contributed by atoms with Crippen LogP contribution in [0.5, 0.6) is 5.75 Å². The van der Waals surface area contributed by atoms with Gasteiger partial charge in [-0.15, -0.1) is 0 Å². The maximum Gasteiger partial charge on any atom is 0.325 e. The summed E-state index contributed by atoms with van der Waals surface area (Å²) >= 11 is 5.00. The number of carbonyl (C=O) groups is 2. The largest absolute Gasteiger partial charge is 0.497 e. The Bertz CT molecular complexity index is 733. The predicted molar refractivity (Wildman–Crippen MR) is 97.3 cm³/mol. The molecule has 25 heavy (non-hydrogen) atoms. The van der Waals surface area contributed by atoms with Crippen molar-refractivity contribution in [2.24, 2.45) is 0 Å². The minimum absolute atomic E-state index is 0.0532. The van der Waals surface area contributed by atoms with Crippen LogP contribution in [0.2, 0.25) is 0 Å². The van der Waals surface area contributed by atoms with E-state index in [1.165, 1.54) is 0 Å². The number of hydrogen-bond acceptors (Lipinski definition) is 5. The molecule has 6 nitrogen and oxygen atoms in total. The predicted octanol–water partition coefficient (Wildman–Crippen LogP) is 2.04. The van der Waals surface area contributed by atoms with E-state index in [0.717, 1.165) is 5.56 Å². The summed E-state index contributed by atoms with van der Waals surface area (Å²) in [5, 5.41) is 5.19. The number of esters is 1. The summed E-state index contributed by atoms with van der Waals surface area (Å²) < 4.78 is 10.1. The average Bonchev–Trinajstić information content (AvgIpc) is 2.65. The number of benzene rings is 2. The first-order chi connectivity index (χ1) is 12.1. The van der Waals surface area contributed by atoms with E-state index in [2.05, 4.69) is 10.6 Å². The Hall–Kier alpha value is -2.93. The van der Waals surface area contributed by atoms with E-state index in [4.69, 9.17) is 21.7 Å². The summed E-state index contributed by atoms with van der Waals surface area (Å²) in [4.78, 5) is 23.7. The first-order valence-electron chi connectivity index (χ1n) is 7.51. The summed E-state index contributed by atoms with van der Waals surface area (Å²) in [7, 11) is 1.55. The molecule has 0 radical (unpaired) electrons. The van der Waals surface area contributed by atoms with Gasteiger partial charge in [0, 0.05) is 5.56 Å². The van der Waals surface area contributed by atoms with Gasteiger partial charge >= 0.3 is 5.97 Å². The number of amides is 1. The molecule has 0 unspecified atom stereocenters. The zero-order chi connectivity index (χ0) is 18.1. The van der Waals surface area contributed by atoms with Crippen LogP contribution >= 0.6 is 12.2 Å². The number of carbonyl (C=O) groups excluding carboxylic acids is 2. The van der Waals surface area contributed by atoms with Gasteiger partial charge in [0.05, 0.1) is 7.11 Å². The molecule has 0 aliphatic heterocycles. The van der Waals surface area contributed by atoms with Gasteiger partial charge in [-0.3, -0.25) is 14.9 Å². The van der Waals surface area contributed by atoms with E-state index in [0.29, 0.717) is 11.3 Å². The summed E-state index contributed by atoms with van der Waals surface area (Å²) in [6.07, 6.45) is 0. The van der Waals surface area contributed by atoms with Gasteiger partial charge < -0.3 is 14.8 Å². The molecule has 0 saturated carbocycles. The van der Waals surface area contributed by atoms with Crippen LogP contribution in [0.4, 0.5) is 0 Å². The second-order valence-electron chi connectivity index (χ2n) is 5.01. The Kier molecular flexibility index (Phi) is 6.91. The summed E-state index contributed by atoms with van der Waals surface area (Å²) in [5.41, 5.74) is 1.32. The lowest BCUT2D eigenvalue weighted by molar-refractivity contribution is -0.143. The monoisotopic (exact) mass is 358 g/mol. The van der Waals surface area contributed by atoms with Gasteiger partial charge in [-0.05, 0) is 42.0 Å². The molecule has 0 fully saturated rings. The second kappa shape index (κ2) is 9.39. The molecular weight excluding hydrogens is 340 g/mol. The lowest BCUT2D eigenvalue weighted by atomic mass is 10.2. The Morgan fingerprint density at radius 1 is 1.04 bits per heavy atom. The third-order valence-corrected chi connectivity index (χ3v) is 3.46. The van der Waals surface area contributed by atoms with Crippen molar-refractivity contribution in [3.8, 4) is 5.75 Å². The molecular formula is C18H18N2O4S. The SMILES string of the molecule is COc1ccc(C(=O)NC(=S)NCC(=O)OCc2ccccc2)cc1. The van der Waals surface area contributed by atoms with E-state index < -0.39 is 5.97 Å². The quantitative estimate of drug-likeness (QED) is 0.608. The molecule has 7 heteroatoms. The number of thiocarbonyl (C=S) groups is 1. The van der Waals surface area contributed by atoms with Gasteiger partial charge in [0.25, 0.3) is 5.91 Å². The first kappa shape index (κ1) is 18.4. The van der Waals surface area contributed by atoms with Gasteiger partial charge in [0.1, 0.15) is 18.9 Å². The summed E-state index contributed by atoms with van der Waals surface area (Å²) in [6.45, 7) is 0.0564. The van der Waals surface area contributed by atoms with E-state index in [-0.39, 0.29) is 24.2 Å². The maximum absolute atomic E-state index is 12.0. The molecule has 130 valence electrons. The van der Waals surface area contributed by atoms with Crippen LogP contribution in [0.1, 0.15) is 15.9 Å². The molecule has 2 N–H and O–H groups in total. The van der Waals surface area contributed by atoms with E-state index in [1.54, 1.807) is 31.4 Å². The zero-order valence-electron chi connectivity index (χ0n) is 13.7. The first-order valence-corrected chi connectivity index (χ1v) is 7.92. The van der Waals surface area contributed by atoms with Crippen LogP contribution in [0.15, 0.2) is 54.6 Å². The fraction of sp³-hybridized carbons (Fsp3) is 0.167. The molecule has 0 aromatic heterocycles. The third-order valence-electron chi connectivity index (χ3n) is 3.22. The molecule has 0 aliphatic rings. The molecule has 0 saturated heterocycles. The van der Waals surface area contributed by atoms with E-state index in [1.807, 2.05) is 30.3 Å². The van der Waals surface area contributed by atoms with Crippen molar-refractivity contribution >= 4 is 29.2 Å². The van der Waals surface area contributed by atoms with Gasteiger partial charge in [-0.2, -0.15) is 0 Å². The lowest BCUT2D eigenvalue weighted by Crippen LogP contribution is -2.41. The standard InChI is InChI=1S/C18H18N2O4S/c1-23-15-9-7-14(8-10-15)17(22)20-18(25)19-11-16(21)24-12-13-5-3-2-4-6-13/h2-10H,11-12H2,1H3,(H2,19,20,22,25). The molecule has 0 atom stereocenters. The topological polar surface area (TPSA) is 76.7 Å². The highest BCUT2D eigenvalue weighted by Crippen LogP contribution is 2.10. The van der Waals surface area contributed by atoms with Crippen LogP contribution in [0.3, 0.4) is 0 Å². The number of nitrogens with one attached hydrogen (secondary N) is 2. The highest BCUT2D eigenvalue weighted by Gasteiger charge is 2.09. The van der Waals surface area contributed by atoms with Crippen LogP contribution in [-0.2, 0) is 16.1 Å². The molecule has 2 rings (SSSR count). The van der Waals surface area contributed by atoms with Crippen LogP contribution in [0, 0.1) is 0 Å². The Balaban J connectivity index is 1.72. The van der Waals surface area contributed by atoms with Crippen molar-refractivity contribution in [1.29, 1.82) is 0 Å². The number of methoxy groups -OCH3 is 1. The normalized spacial score (nSPS) is 9.80. The second-order valence-corrected chi connectivity index (χ2v) is 5.42. The van der Waals surface area contributed by atoms with Crippen LogP contribution in [0.25, 0.3) is 0 Å². The molecule has 2 aromatic carbocycles. The molecule has 1 amide bonds. The average molecular weight is 358 g/mol.